The molecule has 26 heavy (non-hydrogen) atoms. The molecule has 0 fully saturated rings. The number of amides is 1. The number of hydrogen-bond acceptors (Lipinski definition) is 3. The Morgan fingerprint density at radius 1 is 1.23 bits per heavy atom. The summed E-state index contributed by atoms with van der Waals surface area (Å²) in [4.78, 5) is 13.0. The van der Waals surface area contributed by atoms with Crippen LogP contribution in [0.25, 0.3) is 0 Å². The van der Waals surface area contributed by atoms with Gasteiger partial charge >= 0.3 is 0 Å². The third-order valence-electron chi connectivity index (χ3n) is 4.21. The first-order chi connectivity index (χ1) is 12.4. The SMILES string of the molecule is CC1=C(C(=O)Nc2ccccc2C)C(c2cc(Br)ccc2O)NC(=S)N1. The van der Waals surface area contributed by atoms with Crippen LogP contribution < -0.4 is 16.0 Å². The van der Waals surface area contributed by atoms with Crippen molar-refractivity contribution in [2.45, 2.75) is 19.9 Å². The lowest BCUT2D eigenvalue weighted by molar-refractivity contribution is -0.113. The van der Waals surface area contributed by atoms with Gasteiger partial charge in [0.15, 0.2) is 5.11 Å². The Morgan fingerprint density at radius 2 is 1.96 bits per heavy atom. The molecule has 1 aliphatic heterocycles. The highest BCUT2D eigenvalue weighted by Crippen LogP contribution is 2.34. The van der Waals surface area contributed by atoms with Crippen molar-refractivity contribution in [3.63, 3.8) is 0 Å². The van der Waals surface area contributed by atoms with Crippen LogP contribution in [-0.2, 0) is 4.79 Å². The number of allylic oxidation sites excluding steroid dienone is 1. The molecule has 1 aliphatic rings. The highest BCUT2D eigenvalue weighted by Gasteiger charge is 2.31. The summed E-state index contributed by atoms with van der Waals surface area (Å²) in [6.45, 7) is 3.73. The lowest BCUT2D eigenvalue weighted by Gasteiger charge is -2.31. The maximum Gasteiger partial charge on any atom is 0.255 e. The van der Waals surface area contributed by atoms with E-state index < -0.39 is 6.04 Å². The number of phenols is 1. The van der Waals surface area contributed by atoms with Crippen molar-refractivity contribution in [3.05, 3.63) is 69.3 Å². The summed E-state index contributed by atoms with van der Waals surface area (Å²) in [7, 11) is 0. The van der Waals surface area contributed by atoms with Gasteiger partial charge in [0.2, 0.25) is 0 Å². The number of hydrogen-bond donors (Lipinski definition) is 4. The van der Waals surface area contributed by atoms with Crippen LogP contribution in [0.3, 0.4) is 0 Å². The van der Waals surface area contributed by atoms with E-state index >= 15 is 0 Å². The monoisotopic (exact) mass is 431 g/mol. The van der Waals surface area contributed by atoms with Crippen molar-refractivity contribution in [1.82, 2.24) is 10.6 Å². The molecule has 2 aromatic carbocycles. The molecule has 0 bridgehead atoms. The largest absolute Gasteiger partial charge is 0.508 e. The second kappa shape index (κ2) is 7.47. The molecule has 1 heterocycles. The first kappa shape index (κ1) is 18.4. The van der Waals surface area contributed by atoms with E-state index in [0.29, 0.717) is 21.9 Å². The average Bonchev–Trinajstić information content (AvgIpc) is 2.58. The summed E-state index contributed by atoms with van der Waals surface area (Å²) in [5.74, 6) is -0.173. The number of nitrogens with one attached hydrogen (secondary N) is 3. The first-order valence-electron chi connectivity index (χ1n) is 8.00. The van der Waals surface area contributed by atoms with Gasteiger partial charge in [-0.05, 0) is 55.9 Å². The number of carbonyl (C=O) groups excluding carboxylic acids is 1. The van der Waals surface area contributed by atoms with Crippen LogP contribution in [0.5, 0.6) is 5.75 Å². The zero-order chi connectivity index (χ0) is 18.8. The van der Waals surface area contributed by atoms with Crippen LogP contribution in [0.15, 0.2) is 58.2 Å². The molecule has 0 saturated heterocycles. The normalized spacial score (nSPS) is 16.7. The number of anilines is 1. The van der Waals surface area contributed by atoms with E-state index in [4.69, 9.17) is 12.2 Å². The van der Waals surface area contributed by atoms with Crippen molar-refractivity contribution in [1.29, 1.82) is 0 Å². The number of halogens is 1. The fourth-order valence-electron chi connectivity index (χ4n) is 2.89. The van der Waals surface area contributed by atoms with Crippen LogP contribution in [0.1, 0.15) is 24.1 Å². The van der Waals surface area contributed by atoms with Gasteiger partial charge in [0, 0.05) is 21.4 Å². The molecule has 2 aromatic rings. The summed E-state index contributed by atoms with van der Waals surface area (Å²) < 4.78 is 0.799. The minimum Gasteiger partial charge on any atom is -0.508 e. The Kier molecular flexibility index (Phi) is 5.29. The third-order valence-corrected chi connectivity index (χ3v) is 4.92. The van der Waals surface area contributed by atoms with Crippen LogP contribution in [0.2, 0.25) is 0 Å². The van der Waals surface area contributed by atoms with Crippen molar-refractivity contribution in [3.8, 4) is 5.75 Å². The molecule has 0 aromatic heterocycles. The zero-order valence-corrected chi connectivity index (χ0v) is 16.7. The highest BCUT2D eigenvalue weighted by atomic mass is 79.9. The van der Waals surface area contributed by atoms with Crippen LogP contribution in [0.4, 0.5) is 5.69 Å². The van der Waals surface area contributed by atoms with Crippen molar-refractivity contribution in [2.75, 3.05) is 5.32 Å². The summed E-state index contributed by atoms with van der Waals surface area (Å²) in [6, 6.07) is 12.1. The first-order valence-corrected chi connectivity index (χ1v) is 9.20. The van der Waals surface area contributed by atoms with Crippen LogP contribution in [0, 0.1) is 6.92 Å². The number of phenolic OH excluding ortho intramolecular Hbond substituents is 1. The zero-order valence-electron chi connectivity index (χ0n) is 14.3. The molecule has 5 nitrogen and oxygen atoms in total. The summed E-state index contributed by atoms with van der Waals surface area (Å²) in [5.41, 5.74) is 3.38. The molecule has 0 saturated carbocycles. The predicted molar refractivity (Wildman–Crippen MR) is 110 cm³/mol. The summed E-state index contributed by atoms with van der Waals surface area (Å²) in [5, 5.41) is 19.7. The quantitative estimate of drug-likeness (QED) is 0.554. The van der Waals surface area contributed by atoms with Gasteiger partial charge in [-0.25, -0.2) is 0 Å². The van der Waals surface area contributed by atoms with E-state index in [1.165, 1.54) is 0 Å². The third kappa shape index (κ3) is 3.73. The lowest BCUT2D eigenvalue weighted by Crippen LogP contribution is -2.45. The molecular weight excluding hydrogens is 414 g/mol. The Balaban J connectivity index is 2.02. The smallest absolute Gasteiger partial charge is 0.255 e. The molecule has 0 radical (unpaired) electrons. The summed E-state index contributed by atoms with van der Waals surface area (Å²) >= 11 is 8.65. The van der Waals surface area contributed by atoms with Crippen molar-refractivity contribution in [2.24, 2.45) is 0 Å². The number of benzene rings is 2. The van der Waals surface area contributed by atoms with E-state index in [2.05, 4.69) is 31.9 Å². The van der Waals surface area contributed by atoms with Gasteiger partial charge in [0.1, 0.15) is 5.75 Å². The van der Waals surface area contributed by atoms with E-state index in [1.54, 1.807) is 25.1 Å². The predicted octanol–water partition coefficient (Wildman–Crippen LogP) is 3.89. The fourth-order valence-corrected chi connectivity index (χ4v) is 3.54. The second-order valence-electron chi connectivity index (χ2n) is 6.04. The van der Waals surface area contributed by atoms with Gasteiger partial charge in [-0.2, -0.15) is 0 Å². The van der Waals surface area contributed by atoms with E-state index in [0.717, 1.165) is 15.7 Å². The molecule has 0 aliphatic carbocycles. The Hall–Kier alpha value is -2.38. The number of carbonyl (C=O) groups is 1. The Morgan fingerprint density at radius 3 is 2.69 bits per heavy atom. The Labute approximate surface area is 165 Å². The molecule has 4 N–H and O–H groups in total. The number of aromatic hydroxyl groups is 1. The van der Waals surface area contributed by atoms with Gasteiger partial charge in [-0.3, -0.25) is 4.79 Å². The maximum absolute atomic E-state index is 13.0. The maximum atomic E-state index is 13.0. The fraction of sp³-hybridized carbons (Fsp3) is 0.158. The molecule has 1 amide bonds. The van der Waals surface area contributed by atoms with Crippen molar-refractivity contribution < 1.29 is 9.90 Å². The van der Waals surface area contributed by atoms with E-state index in [9.17, 15) is 9.90 Å². The molecular formula is C19H18BrN3O2S. The van der Waals surface area contributed by atoms with Crippen LogP contribution >= 0.6 is 28.1 Å². The summed E-state index contributed by atoms with van der Waals surface area (Å²) in [6.07, 6.45) is 0. The van der Waals surface area contributed by atoms with Gasteiger partial charge in [0.25, 0.3) is 5.91 Å². The Bertz CT molecular complexity index is 927. The van der Waals surface area contributed by atoms with Gasteiger partial charge in [0.05, 0.1) is 11.6 Å². The topological polar surface area (TPSA) is 73.4 Å². The lowest BCUT2D eigenvalue weighted by atomic mass is 9.94. The molecule has 7 heteroatoms. The van der Waals surface area contributed by atoms with Crippen LogP contribution in [-0.4, -0.2) is 16.1 Å². The van der Waals surface area contributed by atoms with E-state index in [-0.39, 0.29) is 11.7 Å². The number of thiocarbonyl (C=S) groups is 1. The molecule has 1 unspecified atom stereocenters. The standard InChI is InChI=1S/C19H18BrN3O2S/c1-10-5-3-4-6-14(10)22-18(25)16-11(2)21-19(26)23-17(16)13-9-12(20)7-8-15(13)24/h3-9,17,24H,1-2H3,(H,22,25)(H2,21,23,26). The molecule has 1 atom stereocenters. The number of rotatable bonds is 3. The molecule has 3 rings (SSSR count). The minimum atomic E-state index is -0.565. The minimum absolute atomic E-state index is 0.0874. The second-order valence-corrected chi connectivity index (χ2v) is 7.37. The molecule has 0 spiro atoms. The average molecular weight is 432 g/mol. The van der Waals surface area contributed by atoms with Gasteiger partial charge in [-0.15, -0.1) is 0 Å². The number of para-hydroxylation sites is 1. The van der Waals surface area contributed by atoms with Gasteiger partial charge in [-0.1, -0.05) is 34.1 Å². The van der Waals surface area contributed by atoms with Crippen molar-refractivity contribution >= 4 is 44.9 Å². The highest BCUT2D eigenvalue weighted by molar-refractivity contribution is 9.10. The molecule has 134 valence electrons. The number of aryl methyl sites for hydroxylation is 1. The van der Waals surface area contributed by atoms with E-state index in [1.807, 2.05) is 31.2 Å². The van der Waals surface area contributed by atoms with Gasteiger partial charge < -0.3 is 21.1 Å².